The van der Waals surface area contributed by atoms with Gasteiger partial charge in [0, 0.05) is 11.9 Å². The van der Waals surface area contributed by atoms with Crippen LogP contribution in [0.15, 0.2) is 36.7 Å². The van der Waals surface area contributed by atoms with Crippen LogP contribution in [0.4, 0.5) is 5.95 Å². The van der Waals surface area contributed by atoms with Gasteiger partial charge in [0.2, 0.25) is 5.95 Å². The minimum Gasteiger partial charge on any atom is -0.354 e. The van der Waals surface area contributed by atoms with Crippen LogP contribution in [0.5, 0.6) is 0 Å². The number of nitrogens with zero attached hydrogens (tertiary/aromatic N) is 4. The van der Waals surface area contributed by atoms with Crippen LogP contribution in [0.3, 0.4) is 0 Å². The molecule has 96 valence electrons. The Morgan fingerprint density at radius 3 is 2.95 bits per heavy atom. The predicted molar refractivity (Wildman–Crippen MR) is 75.8 cm³/mol. The van der Waals surface area contributed by atoms with E-state index in [2.05, 4.69) is 20.4 Å². The number of aromatic nitrogens is 4. The van der Waals surface area contributed by atoms with Crippen molar-refractivity contribution in [3.8, 4) is 5.82 Å². The van der Waals surface area contributed by atoms with Crippen LogP contribution in [0.1, 0.15) is 6.92 Å². The highest BCUT2D eigenvalue weighted by atomic mass is 35.5. The molecule has 6 heteroatoms. The van der Waals surface area contributed by atoms with Gasteiger partial charge >= 0.3 is 0 Å². The van der Waals surface area contributed by atoms with Crippen molar-refractivity contribution in [2.45, 2.75) is 6.92 Å². The van der Waals surface area contributed by atoms with Crippen molar-refractivity contribution >= 4 is 28.5 Å². The number of nitrogens with one attached hydrogen (secondary N) is 1. The van der Waals surface area contributed by atoms with Crippen LogP contribution < -0.4 is 5.32 Å². The lowest BCUT2D eigenvalue weighted by molar-refractivity contribution is 0.865. The molecule has 0 bridgehead atoms. The van der Waals surface area contributed by atoms with Gasteiger partial charge in [0.1, 0.15) is 5.02 Å². The zero-order valence-electron chi connectivity index (χ0n) is 10.3. The number of halogens is 1. The van der Waals surface area contributed by atoms with Crippen LogP contribution >= 0.6 is 11.6 Å². The predicted octanol–water partition coefficient (Wildman–Crippen LogP) is 2.90. The Kier molecular flexibility index (Phi) is 3.05. The lowest BCUT2D eigenvalue weighted by Crippen LogP contribution is -2.07. The number of fused-ring (bicyclic) bond motifs is 1. The van der Waals surface area contributed by atoms with E-state index >= 15 is 0 Å². The SMILES string of the molecule is CCNc1ncc(Cl)c(-n2ncc3ccccc32)n1. The first-order valence-corrected chi connectivity index (χ1v) is 6.37. The van der Waals surface area contributed by atoms with Crippen molar-refractivity contribution < 1.29 is 0 Å². The van der Waals surface area contributed by atoms with Gasteiger partial charge in [-0.25, -0.2) is 9.67 Å². The summed E-state index contributed by atoms with van der Waals surface area (Å²) in [5.74, 6) is 1.12. The molecule has 2 aromatic heterocycles. The molecule has 19 heavy (non-hydrogen) atoms. The fourth-order valence-corrected chi connectivity index (χ4v) is 2.06. The molecule has 0 spiro atoms. The van der Waals surface area contributed by atoms with E-state index in [1.54, 1.807) is 17.1 Å². The molecule has 3 aromatic rings. The summed E-state index contributed by atoms with van der Waals surface area (Å²) in [5, 5.41) is 8.92. The molecule has 2 heterocycles. The van der Waals surface area contributed by atoms with E-state index in [1.807, 2.05) is 31.2 Å². The number of anilines is 1. The zero-order valence-corrected chi connectivity index (χ0v) is 11.1. The first-order chi connectivity index (χ1) is 9.29. The van der Waals surface area contributed by atoms with E-state index in [0.29, 0.717) is 16.8 Å². The molecule has 0 atom stereocenters. The molecule has 0 amide bonds. The third-order valence-corrected chi connectivity index (χ3v) is 3.00. The maximum atomic E-state index is 6.17. The van der Waals surface area contributed by atoms with Crippen molar-refractivity contribution in [2.75, 3.05) is 11.9 Å². The molecule has 0 aliphatic heterocycles. The highest BCUT2D eigenvalue weighted by molar-refractivity contribution is 6.32. The number of para-hydroxylation sites is 1. The Balaban J connectivity index is 2.17. The third-order valence-electron chi connectivity index (χ3n) is 2.74. The summed E-state index contributed by atoms with van der Waals surface area (Å²) in [6.07, 6.45) is 3.37. The average molecular weight is 274 g/mol. The first kappa shape index (κ1) is 11.9. The highest BCUT2D eigenvalue weighted by Crippen LogP contribution is 2.22. The standard InChI is InChI=1S/C13H12ClN5/c1-2-15-13-16-8-10(14)12(18-13)19-11-6-4-3-5-9(11)7-17-19/h3-8H,2H2,1H3,(H,15,16,18). The minimum atomic E-state index is 0.468. The molecular weight excluding hydrogens is 262 g/mol. The summed E-state index contributed by atoms with van der Waals surface area (Å²) >= 11 is 6.17. The maximum absolute atomic E-state index is 6.17. The van der Waals surface area contributed by atoms with Crippen molar-refractivity contribution in [1.29, 1.82) is 0 Å². The number of rotatable bonds is 3. The first-order valence-electron chi connectivity index (χ1n) is 5.99. The lowest BCUT2D eigenvalue weighted by Gasteiger charge is -2.07. The van der Waals surface area contributed by atoms with Crippen molar-refractivity contribution in [3.05, 3.63) is 41.7 Å². The van der Waals surface area contributed by atoms with Gasteiger partial charge in [0.05, 0.1) is 17.9 Å². The third kappa shape index (κ3) is 2.13. The van der Waals surface area contributed by atoms with E-state index in [4.69, 9.17) is 11.6 Å². The van der Waals surface area contributed by atoms with Gasteiger partial charge < -0.3 is 5.32 Å². The normalized spacial score (nSPS) is 10.8. The molecule has 0 aliphatic rings. The monoisotopic (exact) mass is 273 g/mol. The summed E-state index contributed by atoms with van der Waals surface area (Å²) in [6.45, 7) is 2.74. The summed E-state index contributed by atoms with van der Waals surface area (Å²) in [4.78, 5) is 8.52. The average Bonchev–Trinajstić information content (AvgIpc) is 2.85. The van der Waals surface area contributed by atoms with Crippen LogP contribution in [0, 0.1) is 0 Å². The number of hydrogen-bond acceptors (Lipinski definition) is 4. The lowest BCUT2D eigenvalue weighted by atomic mass is 10.2. The van der Waals surface area contributed by atoms with E-state index in [-0.39, 0.29) is 0 Å². The largest absolute Gasteiger partial charge is 0.354 e. The van der Waals surface area contributed by atoms with Gasteiger partial charge in [-0.15, -0.1) is 0 Å². The van der Waals surface area contributed by atoms with E-state index in [1.165, 1.54) is 0 Å². The van der Waals surface area contributed by atoms with E-state index < -0.39 is 0 Å². The Morgan fingerprint density at radius 1 is 1.26 bits per heavy atom. The molecule has 0 fully saturated rings. The second-order valence-corrected chi connectivity index (χ2v) is 4.42. The van der Waals surface area contributed by atoms with Gasteiger partial charge in [0.25, 0.3) is 0 Å². The topological polar surface area (TPSA) is 55.6 Å². The smallest absolute Gasteiger partial charge is 0.224 e. The van der Waals surface area contributed by atoms with Gasteiger partial charge in [0.15, 0.2) is 5.82 Å². The maximum Gasteiger partial charge on any atom is 0.224 e. The molecule has 0 unspecified atom stereocenters. The van der Waals surface area contributed by atoms with Crippen LogP contribution in [-0.2, 0) is 0 Å². The molecule has 0 saturated heterocycles. The van der Waals surface area contributed by atoms with Gasteiger partial charge in [-0.1, -0.05) is 29.8 Å². The molecule has 1 N–H and O–H groups in total. The fraction of sp³-hybridized carbons (Fsp3) is 0.154. The Hall–Kier alpha value is -2.14. The molecule has 0 aliphatic carbocycles. The van der Waals surface area contributed by atoms with Crippen molar-refractivity contribution in [1.82, 2.24) is 19.7 Å². The van der Waals surface area contributed by atoms with E-state index in [9.17, 15) is 0 Å². The Bertz CT molecular complexity index is 722. The second kappa shape index (κ2) is 4.85. The summed E-state index contributed by atoms with van der Waals surface area (Å²) < 4.78 is 1.72. The van der Waals surface area contributed by atoms with Gasteiger partial charge in [-0.05, 0) is 13.0 Å². The summed E-state index contributed by atoms with van der Waals surface area (Å²) in [6, 6.07) is 7.91. The second-order valence-electron chi connectivity index (χ2n) is 4.01. The van der Waals surface area contributed by atoms with Crippen molar-refractivity contribution in [3.63, 3.8) is 0 Å². The fourth-order valence-electron chi connectivity index (χ4n) is 1.89. The Morgan fingerprint density at radius 2 is 2.11 bits per heavy atom. The zero-order chi connectivity index (χ0) is 13.2. The van der Waals surface area contributed by atoms with Crippen LogP contribution in [0.25, 0.3) is 16.7 Å². The molecule has 1 aromatic carbocycles. The number of hydrogen-bond donors (Lipinski definition) is 1. The summed E-state index contributed by atoms with van der Waals surface area (Å²) in [5.41, 5.74) is 0.963. The minimum absolute atomic E-state index is 0.468. The van der Waals surface area contributed by atoms with Gasteiger partial charge in [-0.2, -0.15) is 10.1 Å². The molecule has 3 rings (SSSR count). The molecule has 0 saturated carbocycles. The molecule has 0 radical (unpaired) electrons. The summed E-state index contributed by atoms with van der Waals surface area (Å²) in [7, 11) is 0. The highest BCUT2D eigenvalue weighted by Gasteiger charge is 2.11. The van der Waals surface area contributed by atoms with Crippen LogP contribution in [0.2, 0.25) is 5.02 Å². The van der Waals surface area contributed by atoms with Gasteiger partial charge in [-0.3, -0.25) is 0 Å². The number of benzene rings is 1. The quantitative estimate of drug-likeness (QED) is 0.797. The van der Waals surface area contributed by atoms with E-state index in [0.717, 1.165) is 17.4 Å². The molecular formula is C13H12ClN5. The molecule has 5 nitrogen and oxygen atoms in total. The van der Waals surface area contributed by atoms with Crippen molar-refractivity contribution in [2.24, 2.45) is 0 Å². The van der Waals surface area contributed by atoms with Crippen LogP contribution in [-0.4, -0.2) is 26.3 Å². The Labute approximate surface area is 115 Å².